The van der Waals surface area contributed by atoms with Gasteiger partial charge in [0.15, 0.2) is 15.0 Å². The summed E-state index contributed by atoms with van der Waals surface area (Å²) in [4.78, 5) is 28.2. The third-order valence-corrected chi connectivity index (χ3v) is 7.63. The van der Waals surface area contributed by atoms with E-state index in [1.807, 2.05) is 0 Å². The zero-order valence-electron chi connectivity index (χ0n) is 15.3. The van der Waals surface area contributed by atoms with Gasteiger partial charge in [-0.3, -0.25) is 9.59 Å². The first-order chi connectivity index (χ1) is 13.9. The number of hydrogen-bond donors (Lipinski definition) is 1. The maximum Gasteiger partial charge on any atom is 0.573 e. The van der Waals surface area contributed by atoms with Crippen LogP contribution < -0.4 is 9.64 Å². The Bertz CT molecular complexity index is 963. The van der Waals surface area contributed by atoms with Gasteiger partial charge in [-0.15, -0.1) is 13.2 Å². The Hall–Kier alpha value is -2.28. The van der Waals surface area contributed by atoms with Crippen molar-refractivity contribution in [3.63, 3.8) is 0 Å². The minimum Gasteiger partial charge on any atom is -0.481 e. The molecule has 0 aliphatic carbocycles. The number of fused-ring (bicyclic) bond motifs is 1. The number of amidine groups is 1. The van der Waals surface area contributed by atoms with Crippen molar-refractivity contribution in [2.24, 2.45) is 4.99 Å². The molecule has 0 saturated carbocycles. The summed E-state index contributed by atoms with van der Waals surface area (Å²) in [6.45, 7) is 0. The molecule has 0 aromatic heterocycles. The predicted octanol–water partition coefficient (Wildman–Crippen LogP) is 2.44. The molecule has 0 bridgehead atoms. The van der Waals surface area contributed by atoms with E-state index in [0.29, 0.717) is 5.69 Å². The summed E-state index contributed by atoms with van der Waals surface area (Å²) in [5.41, 5.74) is 0.374. The van der Waals surface area contributed by atoms with Gasteiger partial charge >= 0.3 is 12.3 Å². The van der Waals surface area contributed by atoms with E-state index in [0.717, 1.165) is 23.9 Å². The molecule has 2 saturated heterocycles. The topological polar surface area (TPSA) is 113 Å². The molecule has 0 spiro atoms. The average molecular weight is 466 g/mol. The fourth-order valence-electron chi connectivity index (χ4n) is 3.23. The highest BCUT2D eigenvalue weighted by Gasteiger charge is 2.49. The number of thioether (sulfide) groups is 1. The van der Waals surface area contributed by atoms with Crippen LogP contribution in [0.5, 0.6) is 5.75 Å². The van der Waals surface area contributed by atoms with E-state index in [1.165, 1.54) is 17.0 Å². The standard InChI is InChI=1S/C17H17F3N2O6S2/c18-17(19,20)28-11-6-4-10(5-7-11)22-12-8-30(26,27)9-13(12)29-16(22)21-14(23)2-1-3-15(24)25/h4-7,12-13H,1-3,8-9H2,(H,24,25)/t12-,13+/m1/s1. The van der Waals surface area contributed by atoms with E-state index in [-0.39, 0.29) is 41.2 Å². The Labute approximate surface area is 174 Å². The van der Waals surface area contributed by atoms with Gasteiger partial charge in [0.2, 0.25) is 5.91 Å². The number of carbonyl (C=O) groups is 2. The van der Waals surface area contributed by atoms with Gasteiger partial charge in [0.05, 0.1) is 17.5 Å². The second kappa shape index (κ2) is 8.46. The minimum atomic E-state index is -4.84. The van der Waals surface area contributed by atoms with Gasteiger partial charge in [0, 0.05) is 23.8 Å². The SMILES string of the molecule is O=C(O)CCCC(=O)N=C1S[C@H]2CS(=O)(=O)C[C@H]2N1c1ccc(OC(F)(F)F)cc1. The average Bonchev–Trinajstić information content (AvgIpc) is 3.05. The van der Waals surface area contributed by atoms with Crippen LogP contribution in [0.2, 0.25) is 0 Å². The molecule has 164 valence electrons. The number of aliphatic carboxylic acids is 1. The molecular weight excluding hydrogens is 449 g/mol. The molecule has 2 aliphatic rings. The Kier molecular flexibility index (Phi) is 6.32. The number of amides is 1. The number of carboxylic acids is 1. The van der Waals surface area contributed by atoms with E-state index < -0.39 is 39.9 Å². The summed E-state index contributed by atoms with van der Waals surface area (Å²) >= 11 is 1.12. The first-order valence-corrected chi connectivity index (χ1v) is 11.5. The number of ether oxygens (including phenoxy) is 1. The molecule has 1 amide bonds. The van der Waals surface area contributed by atoms with Crippen molar-refractivity contribution in [1.29, 1.82) is 0 Å². The smallest absolute Gasteiger partial charge is 0.481 e. The van der Waals surface area contributed by atoms with Crippen LogP contribution in [-0.4, -0.2) is 59.7 Å². The second-order valence-corrected chi connectivity index (χ2v) is 10.1. The summed E-state index contributed by atoms with van der Waals surface area (Å²) < 4.78 is 65.0. The number of carboxylic acid groups (broad SMARTS) is 1. The van der Waals surface area contributed by atoms with Gasteiger partial charge < -0.3 is 14.7 Å². The predicted molar refractivity (Wildman–Crippen MR) is 103 cm³/mol. The Balaban J connectivity index is 1.83. The highest BCUT2D eigenvalue weighted by Crippen LogP contribution is 2.41. The lowest BCUT2D eigenvalue weighted by molar-refractivity contribution is -0.274. The minimum absolute atomic E-state index is 0.0871. The van der Waals surface area contributed by atoms with Crippen molar-refractivity contribution in [1.82, 2.24) is 0 Å². The Morgan fingerprint density at radius 2 is 1.87 bits per heavy atom. The molecule has 30 heavy (non-hydrogen) atoms. The normalized spacial score (nSPS) is 24.1. The number of rotatable bonds is 6. The van der Waals surface area contributed by atoms with E-state index in [4.69, 9.17) is 5.11 Å². The molecule has 8 nitrogen and oxygen atoms in total. The quantitative estimate of drug-likeness (QED) is 0.680. The Morgan fingerprint density at radius 3 is 2.47 bits per heavy atom. The largest absolute Gasteiger partial charge is 0.573 e. The van der Waals surface area contributed by atoms with E-state index in [2.05, 4.69) is 9.73 Å². The third-order valence-electron chi connectivity index (χ3n) is 4.42. The van der Waals surface area contributed by atoms with Gasteiger partial charge in [0.25, 0.3) is 0 Å². The molecular formula is C17H17F3N2O6S2. The molecule has 1 aromatic rings. The number of nitrogens with zero attached hydrogens (tertiary/aromatic N) is 2. The van der Waals surface area contributed by atoms with E-state index >= 15 is 0 Å². The molecule has 3 rings (SSSR count). The van der Waals surface area contributed by atoms with Crippen LogP contribution in [-0.2, 0) is 19.4 Å². The molecule has 0 radical (unpaired) electrons. The van der Waals surface area contributed by atoms with Gasteiger partial charge in [-0.05, 0) is 30.7 Å². The number of hydrogen-bond acceptors (Lipinski definition) is 6. The number of carbonyl (C=O) groups excluding carboxylic acids is 1. The van der Waals surface area contributed by atoms with Crippen LogP contribution in [0, 0.1) is 0 Å². The number of alkyl halides is 3. The highest BCUT2D eigenvalue weighted by molar-refractivity contribution is 8.16. The van der Waals surface area contributed by atoms with Gasteiger partial charge in [-0.2, -0.15) is 4.99 Å². The van der Waals surface area contributed by atoms with Crippen molar-refractivity contribution >= 4 is 44.3 Å². The van der Waals surface area contributed by atoms with Gasteiger partial charge in [-0.25, -0.2) is 8.42 Å². The molecule has 2 heterocycles. The van der Waals surface area contributed by atoms with Crippen molar-refractivity contribution < 1.29 is 41.0 Å². The summed E-state index contributed by atoms with van der Waals surface area (Å²) in [6.07, 6.45) is -5.00. The molecule has 13 heteroatoms. The van der Waals surface area contributed by atoms with Crippen molar-refractivity contribution in [2.75, 3.05) is 16.4 Å². The number of aliphatic imine (C=N–C) groups is 1. The Morgan fingerprint density at radius 1 is 1.20 bits per heavy atom. The molecule has 1 N–H and O–H groups in total. The van der Waals surface area contributed by atoms with Crippen LogP contribution in [0.4, 0.5) is 18.9 Å². The molecule has 1 aromatic carbocycles. The summed E-state index contributed by atoms with van der Waals surface area (Å²) in [5.74, 6) is -2.29. The van der Waals surface area contributed by atoms with Crippen molar-refractivity contribution in [3.05, 3.63) is 24.3 Å². The lowest BCUT2D eigenvalue weighted by Gasteiger charge is -2.24. The number of halogens is 3. The molecule has 0 unspecified atom stereocenters. The number of anilines is 1. The monoisotopic (exact) mass is 466 g/mol. The summed E-state index contributed by atoms with van der Waals surface area (Å²) in [5, 5.41) is 8.53. The maximum absolute atomic E-state index is 12.4. The van der Waals surface area contributed by atoms with Crippen LogP contribution in [0.3, 0.4) is 0 Å². The number of sulfone groups is 1. The zero-order chi connectivity index (χ0) is 22.1. The fourth-order valence-corrected chi connectivity index (χ4v) is 7.16. The van der Waals surface area contributed by atoms with Crippen molar-refractivity contribution in [2.45, 2.75) is 36.9 Å². The van der Waals surface area contributed by atoms with E-state index in [1.54, 1.807) is 0 Å². The first kappa shape index (κ1) is 22.4. The van der Waals surface area contributed by atoms with Gasteiger partial charge in [-0.1, -0.05) is 11.8 Å². The third kappa shape index (κ3) is 5.65. The van der Waals surface area contributed by atoms with Crippen LogP contribution in [0.1, 0.15) is 19.3 Å². The second-order valence-electron chi connectivity index (χ2n) is 6.75. The van der Waals surface area contributed by atoms with E-state index in [9.17, 15) is 31.2 Å². The number of benzene rings is 1. The summed E-state index contributed by atoms with van der Waals surface area (Å²) in [7, 11) is -3.30. The molecule has 2 aliphatic heterocycles. The van der Waals surface area contributed by atoms with Crippen molar-refractivity contribution in [3.8, 4) is 5.75 Å². The highest BCUT2D eigenvalue weighted by atomic mass is 32.2. The van der Waals surface area contributed by atoms with Gasteiger partial charge in [0.1, 0.15) is 5.75 Å². The van der Waals surface area contributed by atoms with Crippen LogP contribution >= 0.6 is 11.8 Å². The lowest BCUT2D eigenvalue weighted by atomic mass is 10.2. The van der Waals surface area contributed by atoms with Crippen LogP contribution in [0.25, 0.3) is 0 Å². The first-order valence-electron chi connectivity index (χ1n) is 8.79. The zero-order valence-corrected chi connectivity index (χ0v) is 17.0. The summed E-state index contributed by atoms with van der Waals surface area (Å²) in [6, 6.07) is 4.34. The lowest BCUT2D eigenvalue weighted by Crippen LogP contribution is -2.37. The molecule has 2 fully saturated rings. The van der Waals surface area contributed by atoms with Crippen LogP contribution in [0.15, 0.2) is 29.3 Å². The fraction of sp³-hybridized carbons (Fsp3) is 0.471. The maximum atomic E-state index is 12.4. The molecule has 2 atom stereocenters.